The van der Waals surface area contributed by atoms with Crippen molar-refractivity contribution in [3.63, 3.8) is 0 Å². The maximum absolute atomic E-state index is 11.9. The van der Waals surface area contributed by atoms with Crippen LogP contribution in [0.2, 0.25) is 0 Å². The molecule has 2 amide bonds. The molecule has 0 bridgehead atoms. The molecular formula is C11H13BrN4O3. The second-order valence-corrected chi connectivity index (χ2v) is 4.98. The van der Waals surface area contributed by atoms with Crippen molar-refractivity contribution < 1.29 is 9.59 Å². The molecule has 1 aromatic heterocycles. The number of hydrogen-bond acceptors (Lipinski definition) is 5. The van der Waals surface area contributed by atoms with Gasteiger partial charge in [0.25, 0.3) is 11.5 Å². The van der Waals surface area contributed by atoms with E-state index < -0.39 is 6.04 Å². The normalized spacial score (nSPS) is 19.1. The van der Waals surface area contributed by atoms with Crippen LogP contribution in [0.1, 0.15) is 13.3 Å². The highest BCUT2D eigenvalue weighted by atomic mass is 79.9. The first-order valence-electron chi connectivity index (χ1n) is 5.78. The number of hydrogen-bond donors (Lipinski definition) is 1. The fourth-order valence-corrected chi connectivity index (χ4v) is 2.27. The average Bonchev–Trinajstić information content (AvgIpc) is 2.63. The van der Waals surface area contributed by atoms with E-state index in [1.54, 1.807) is 0 Å². The molecule has 2 rings (SSSR count). The molecule has 1 N–H and O–H groups in total. The molecular weight excluding hydrogens is 316 g/mol. The molecule has 0 radical (unpaired) electrons. The maximum Gasteiger partial charge on any atom is 0.283 e. The summed E-state index contributed by atoms with van der Waals surface area (Å²) in [6, 6.07) is -0.646. The maximum atomic E-state index is 11.9. The summed E-state index contributed by atoms with van der Waals surface area (Å²) >= 11 is 3.18. The Morgan fingerprint density at radius 2 is 2.16 bits per heavy atom. The van der Waals surface area contributed by atoms with Crippen LogP contribution in [0.5, 0.6) is 0 Å². The summed E-state index contributed by atoms with van der Waals surface area (Å²) in [5.74, 6) is -0.551. The number of nitrogens with zero attached hydrogens (tertiary/aromatic N) is 3. The highest BCUT2D eigenvalue weighted by molar-refractivity contribution is 9.10. The lowest BCUT2D eigenvalue weighted by Gasteiger charge is -2.13. The summed E-state index contributed by atoms with van der Waals surface area (Å²) in [5, 5.41) is 6.84. The van der Waals surface area contributed by atoms with Crippen LogP contribution in [0.4, 0.5) is 5.69 Å². The Kier molecular flexibility index (Phi) is 3.70. The van der Waals surface area contributed by atoms with Gasteiger partial charge in [-0.1, -0.05) is 0 Å². The van der Waals surface area contributed by atoms with Crippen LogP contribution in [0.15, 0.2) is 15.5 Å². The average molecular weight is 329 g/mol. The van der Waals surface area contributed by atoms with Crippen molar-refractivity contribution in [1.29, 1.82) is 0 Å². The standard InChI is InChI=1S/C11H13BrN4O3/c1-3-16-11(19)9(12)7(5-13-16)14-6-4-8(17)15(2)10(6)18/h5-6,14H,3-4H2,1-2H3. The van der Waals surface area contributed by atoms with E-state index >= 15 is 0 Å². The fraction of sp³-hybridized carbons (Fsp3) is 0.455. The van der Waals surface area contributed by atoms with Crippen molar-refractivity contribution in [1.82, 2.24) is 14.7 Å². The van der Waals surface area contributed by atoms with Gasteiger partial charge >= 0.3 is 0 Å². The van der Waals surface area contributed by atoms with Crippen molar-refractivity contribution in [3.05, 3.63) is 21.0 Å². The summed E-state index contributed by atoms with van der Waals surface area (Å²) < 4.78 is 1.60. The quantitative estimate of drug-likeness (QED) is 0.801. The number of anilines is 1. The molecule has 1 atom stereocenters. The number of carbonyl (C=O) groups is 2. The zero-order chi connectivity index (χ0) is 14.2. The van der Waals surface area contributed by atoms with Gasteiger partial charge in [0.2, 0.25) is 5.91 Å². The highest BCUT2D eigenvalue weighted by Gasteiger charge is 2.36. The predicted octanol–water partition coefficient (Wildman–Crippen LogP) is 0.195. The molecule has 0 aromatic carbocycles. The van der Waals surface area contributed by atoms with Gasteiger partial charge in [-0.3, -0.25) is 19.3 Å². The zero-order valence-electron chi connectivity index (χ0n) is 10.5. The smallest absolute Gasteiger partial charge is 0.283 e. The van der Waals surface area contributed by atoms with Gasteiger partial charge in [0.1, 0.15) is 10.5 Å². The largest absolute Gasteiger partial charge is 0.371 e. The third-order valence-corrected chi connectivity index (χ3v) is 3.76. The topological polar surface area (TPSA) is 84.3 Å². The van der Waals surface area contributed by atoms with Crippen molar-refractivity contribution in [2.45, 2.75) is 25.9 Å². The predicted molar refractivity (Wildman–Crippen MR) is 71.7 cm³/mol. The number of aryl methyl sites for hydroxylation is 1. The van der Waals surface area contributed by atoms with Crippen molar-refractivity contribution >= 4 is 33.4 Å². The second-order valence-electron chi connectivity index (χ2n) is 4.19. The molecule has 8 heteroatoms. The van der Waals surface area contributed by atoms with E-state index in [2.05, 4.69) is 26.3 Å². The monoisotopic (exact) mass is 328 g/mol. The molecule has 1 unspecified atom stereocenters. The SMILES string of the molecule is CCn1ncc(NC2CC(=O)N(C)C2=O)c(Br)c1=O. The Labute approximate surface area is 117 Å². The minimum absolute atomic E-state index is 0.0820. The van der Waals surface area contributed by atoms with Gasteiger partial charge < -0.3 is 5.32 Å². The first-order chi connectivity index (χ1) is 8.95. The Bertz CT molecular complexity index is 598. The first kappa shape index (κ1) is 13.7. The summed E-state index contributed by atoms with van der Waals surface area (Å²) in [5.41, 5.74) is 0.133. The van der Waals surface area contributed by atoms with Crippen LogP contribution in [0.3, 0.4) is 0 Å². The van der Waals surface area contributed by atoms with E-state index in [-0.39, 0.29) is 23.8 Å². The zero-order valence-corrected chi connectivity index (χ0v) is 12.1. The van der Waals surface area contributed by atoms with Crippen molar-refractivity contribution in [3.8, 4) is 0 Å². The summed E-state index contributed by atoms with van der Waals surface area (Å²) in [6.45, 7) is 2.27. The molecule has 2 heterocycles. The van der Waals surface area contributed by atoms with Gasteiger partial charge in [-0.2, -0.15) is 5.10 Å². The van der Waals surface area contributed by atoms with Crippen LogP contribution in [-0.4, -0.2) is 39.6 Å². The Morgan fingerprint density at radius 3 is 2.68 bits per heavy atom. The van der Waals surface area contributed by atoms with Gasteiger partial charge in [-0.05, 0) is 22.9 Å². The van der Waals surface area contributed by atoms with Gasteiger partial charge in [0.05, 0.1) is 18.3 Å². The van der Waals surface area contributed by atoms with Crippen LogP contribution in [-0.2, 0) is 16.1 Å². The summed E-state index contributed by atoms with van der Waals surface area (Å²) in [7, 11) is 1.44. The number of likely N-dealkylation sites (N-methyl/N-ethyl adjacent to an activating group) is 1. The van der Waals surface area contributed by atoms with Crippen LogP contribution in [0.25, 0.3) is 0 Å². The number of likely N-dealkylation sites (tertiary alicyclic amines) is 1. The number of imide groups is 1. The van der Waals surface area contributed by atoms with Gasteiger partial charge in [0, 0.05) is 13.6 Å². The van der Waals surface area contributed by atoms with E-state index in [1.807, 2.05) is 6.92 Å². The molecule has 1 aliphatic rings. The highest BCUT2D eigenvalue weighted by Crippen LogP contribution is 2.21. The molecule has 7 nitrogen and oxygen atoms in total. The molecule has 1 aromatic rings. The van der Waals surface area contributed by atoms with E-state index in [1.165, 1.54) is 17.9 Å². The second kappa shape index (κ2) is 5.12. The van der Waals surface area contributed by atoms with Crippen molar-refractivity contribution in [2.75, 3.05) is 12.4 Å². The van der Waals surface area contributed by atoms with Gasteiger partial charge in [0.15, 0.2) is 0 Å². The lowest BCUT2D eigenvalue weighted by Crippen LogP contribution is -2.33. The minimum Gasteiger partial charge on any atom is -0.371 e. The van der Waals surface area contributed by atoms with Gasteiger partial charge in [-0.15, -0.1) is 0 Å². The minimum atomic E-state index is -0.646. The van der Waals surface area contributed by atoms with Gasteiger partial charge in [-0.25, -0.2) is 4.68 Å². The molecule has 102 valence electrons. The number of carbonyl (C=O) groups excluding carboxylic acids is 2. The third kappa shape index (κ3) is 2.40. The van der Waals surface area contributed by atoms with E-state index in [0.29, 0.717) is 16.7 Å². The molecule has 0 spiro atoms. The lowest BCUT2D eigenvalue weighted by molar-refractivity contribution is -0.136. The van der Waals surface area contributed by atoms with E-state index in [9.17, 15) is 14.4 Å². The number of amides is 2. The Hall–Kier alpha value is -1.70. The summed E-state index contributed by atoms with van der Waals surface area (Å²) in [4.78, 5) is 36.1. The molecule has 0 aliphatic carbocycles. The fourth-order valence-electron chi connectivity index (χ4n) is 1.85. The van der Waals surface area contributed by atoms with E-state index in [4.69, 9.17) is 0 Å². The number of rotatable bonds is 3. The molecule has 1 saturated heterocycles. The van der Waals surface area contributed by atoms with E-state index in [0.717, 1.165) is 4.90 Å². The third-order valence-electron chi connectivity index (χ3n) is 3.00. The summed E-state index contributed by atoms with van der Waals surface area (Å²) in [6.07, 6.45) is 1.55. The Morgan fingerprint density at radius 1 is 1.47 bits per heavy atom. The van der Waals surface area contributed by atoms with Crippen molar-refractivity contribution in [2.24, 2.45) is 0 Å². The lowest BCUT2D eigenvalue weighted by atomic mass is 10.2. The van der Waals surface area contributed by atoms with Crippen LogP contribution < -0.4 is 10.9 Å². The number of aromatic nitrogens is 2. The Balaban J connectivity index is 2.26. The van der Waals surface area contributed by atoms with Crippen LogP contribution >= 0.6 is 15.9 Å². The molecule has 19 heavy (non-hydrogen) atoms. The molecule has 1 aliphatic heterocycles. The molecule has 0 saturated carbocycles. The first-order valence-corrected chi connectivity index (χ1v) is 6.57. The number of nitrogens with one attached hydrogen (secondary N) is 1. The molecule has 1 fully saturated rings. The number of halogens is 1. The van der Waals surface area contributed by atoms with Crippen LogP contribution in [0, 0.1) is 0 Å².